The van der Waals surface area contributed by atoms with Crippen molar-refractivity contribution < 1.29 is 4.79 Å². The van der Waals surface area contributed by atoms with Crippen LogP contribution in [0.25, 0.3) is 0 Å². The molecule has 0 saturated heterocycles. The van der Waals surface area contributed by atoms with Crippen LogP contribution in [0, 0.1) is 0 Å². The van der Waals surface area contributed by atoms with E-state index in [4.69, 9.17) is 17.3 Å². The number of carbonyl (C=O) groups is 1. The number of rotatable bonds is 4. The van der Waals surface area contributed by atoms with Crippen molar-refractivity contribution >= 4 is 39.1 Å². The Morgan fingerprint density at radius 2 is 2.31 bits per heavy atom. The molecule has 3 nitrogen and oxygen atoms in total. The monoisotopic (exact) mass is 304 g/mol. The van der Waals surface area contributed by atoms with E-state index in [0.29, 0.717) is 21.6 Å². The van der Waals surface area contributed by atoms with Gasteiger partial charge >= 0.3 is 0 Å². The molecule has 1 amide bonds. The predicted molar refractivity (Wildman–Crippen MR) is 70.7 cm³/mol. The number of halogens is 2. The number of anilines is 1. The summed E-state index contributed by atoms with van der Waals surface area (Å²) in [5.41, 5.74) is 6.35. The van der Waals surface area contributed by atoms with Crippen molar-refractivity contribution in [3.05, 3.63) is 27.7 Å². The average Bonchev–Trinajstić information content (AvgIpc) is 2.25. The van der Waals surface area contributed by atoms with Gasteiger partial charge in [-0.1, -0.05) is 31.0 Å². The Labute approximate surface area is 108 Å². The Kier molecular flexibility index (Phi) is 5.25. The van der Waals surface area contributed by atoms with E-state index in [1.165, 1.54) is 0 Å². The molecule has 1 atom stereocenters. The maximum atomic E-state index is 11.7. The summed E-state index contributed by atoms with van der Waals surface area (Å²) in [5.74, 6) is -0.190. The first-order chi connectivity index (χ1) is 7.56. The molecule has 5 heteroatoms. The molecule has 0 unspecified atom stereocenters. The van der Waals surface area contributed by atoms with Gasteiger partial charge in [-0.3, -0.25) is 4.79 Å². The van der Waals surface area contributed by atoms with Gasteiger partial charge in [0.05, 0.1) is 21.2 Å². The van der Waals surface area contributed by atoms with E-state index in [-0.39, 0.29) is 5.91 Å². The van der Waals surface area contributed by atoms with E-state index >= 15 is 0 Å². The van der Waals surface area contributed by atoms with Crippen molar-refractivity contribution in [3.8, 4) is 0 Å². The van der Waals surface area contributed by atoms with Crippen molar-refractivity contribution in [2.24, 2.45) is 5.73 Å². The van der Waals surface area contributed by atoms with Gasteiger partial charge in [0.2, 0.25) is 5.91 Å². The van der Waals surface area contributed by atoms with Crippen LogP contribution in [-0.4, -0.2) is 11.9 Å². The lowest BCUT2D eigenvalue weighted by Crippen LogP contribution is -2.35. The maximum Gasteiger partial charge on any atom is 0.241 e. The van der Waals surface area contributed by atoms with Crippen molar-refractivity contribution in [2.45, 2.75) is 25.8 Å². The highest BCUT2D eigenvalue weighted by atomic mass is 79.9. The largest absolute Gasteiger partial charge is 0.324 e. The Morgan fingerprint density at radius 1 is 1.62 bits per heavy atom. The third-order valence-corrected chi connectivity index (χ3v) is 3.54. The zero-order valence-corrected chi connectivity index (χ0v) is 11.3. The normalized spacial score (nSPS) is 12.2. The molecule has 0 radical (unpaired) electrons. The van der Waals surface area contributed by atoms with Crippen LogP contribution < -0.4 is 11.1 Å². The summed E-state index contributed by atoms with van der Waals surface area (Å²) in [6.07, 6.45) is 1.55. The van der Waals surface area contributed by atoms with Crippen molar-refractivity contribution in [1.29, 1.82) is 0 Å². The molecule has 1 aromatic rings. The number of amides is 1. The minimum atomic E-state index is -0.476. The molecule has 1 rings (SSSR count). The van der Waals surface area contributed by atoms with Gasteiger partial charge in [0, 0.05) is 0 Å². The van der Waals surface area contributed by atoms with Gasteiger partial charge in [0.15, 0.2) is 0 Å². The Hall–Kier alpha value is -0.580. The quantitative estimate of drug-likeness (QED) is 0.897. The second-order valence-corrected chi connectivity index (χ2v) is 4.69. The number of hydrogen-bond donors (Lipinski definition) is 2. The summed E-state index contributed by atoms with van der Waals surface area (Å²) < 4.78 is 0.675. The van der Waals surface area contributed by atoms with Crippen LogP contribution in [0.1, 0.15) is 19.8 Å². The molecule has 16 heavy (non-hydrogen) atoms. The molecule has 88 valence electrons. The molecular weight excluding hydrogens is 291 g/mol. The number of nitrogens with two attached hydrogens (primary N) is 1. The van der Waals surface area contributed by atoms with Crippen LogP contribution in [0.4, 0.5) is 5.69 Å². The van der Waals surface area contributed by atoms with Gasteiger partial charge in [-0.05, 0) is 34.5 Å². The summed E-state index contributed by atoms with van der Waals surface area (Å²) in [4.78, 5) is 11.7. The lowest BCUT2D eigenvalue weighted by molar-refractivity contribution is -0.117. The fourth-order valence-electron chi connectivity index (χ4n) is 1.27. The van der Waals surface area contributed by atoms with E-state index in [2.05, 4.69) is 21.2 Å². The third-order valence-electron chi connectivity index (χ3n) is 2.15. The number of nitrogens with one attached hydrogen (secondary N) is 1. The van der Waals surface area contributed by atoms with Crippen LogP contribution in [0.15, 0.2) is 22.7 Å². The predicted octanol–water partition coefficient (Wildman–Crippen LogP) is 3.17. The summed E-state index contributed by atoms with van der Waals surface area (Å²) in [7, 11) is 0. The van der Waals surface area contributed by atoms with E-state index in [1.54, 1.807) is 18.2 Å². The van der Waals surface area contributed by atoms with Gasteiger partial charge in [-0.2, -0.15) is 0 Å². The summed E-state index contributed by atoms with van der Waals surface area (Å²) >= 11 is 9.22. The topological polar surface area (TPSA) is 55.1 Å². The molecular formula is C11H14BrClN2O. The van der Waals surface area contributed by atoms with E-state index in [0.717, 1.165) is 6.42 Å². The van der Waals surface area contributed by atoms with Crippen molar-refractivity contribution in [1.82, 2.24) is 0 Å². The molecule has 0 saturated carbocycles. The standard InChI is InChI=1S/C11H14BrClN2O/c1-2-4-8(14)11(16)15-9-6-3-5-7(13)10(9)12/h3,5-6,8H,2,4,14H2,1H3,(H,15,16)/t8-/m0/s1. The van der Waals surface area contributed by atoms with Crippen LogP contribution in [0.2, 0.25) is 5.02 Å². The molecule has 0 aliphatic carbocycles. The molecule has 0 bridgehead atoms. The Balaban J connectivity index is 2.73. The first-order valence-electron chi connectivity index (χ1n) is 5.06. The first-order valence-corrected chi connectivity index (χ1v) is 6.23. The lowest BCUT2D eigenvalue weighted by Gasteiger charge is -2.12. The molecule has 0 aromatic heterocycles. The van der Waals surface area contributed by atoms with E-state index < -0.39 is 6.04 Å². The smallest absolute Gasteiger partial charge is 0.241 e. The van der Waals surface area contributed by atoms with Crippen LogP contribution in [0.3, 0.4) is 0 Å². The van der Waals surface area contributed by atoms with Gasteiger partial charge in [0.1, 0.15) is 0 Å². The molecule has 0 aliphatic heterocycles. The first kappa shape index (κ1) is 13.5. The van der Waals surface area contributed by atoms with Crippen LogP contribution in [0.5, 0.6) is 0 Å². The number of benzene rings is 1. The zero-order chi connectivity index (χ0) is 12.1. The van der Waals surface area contributed by atoms with Crippen LogP contribution in [-0.2, 0) is 4.79 Å². The minimum absolute atomic E-state index is 0.190. The molecule has 0 aliphatic rings. The molecule has 0 spiro atoms. The fraction of sp³-hybridized carbons (Fsp3) is 0.364. The maximum absolute atomic E-state index is 11.7. The zero-order valence-electron chi connectivity index (χ0n) is 8.97. The minimum Gasteiger partial charge on any atom is -0.324 e. The highest BCUT2D eigenvalue weighted by Gasteiger charge is 2.14. The van der Waals surface area contributed by atoms with E-state index in [9.17, 15) is 4.79 Å². The highest BCUT2D eigenvalue weighted by molar-refractivity contribution is 9.10. The molecule has 0 heterocycles. The van der Waals surface area contributed by atoms with Crippen molar-refractivity contribution in [3.63, 3.8) is 0 Å². The van der Waals surface area contributed by atoms with Gasteiger partial charge in [0.25, 0.3) is 0 Å². The molecule has 1 aromatic carbocycles. The summed E-state index contributed by atoms with van der Waals surface area (Å²) in [6, 6.07) is 4.81. The van der Waals surface area contributed by atoms with Crippen molar-refractivity contribution in [2.75, 3.05) is 5.32 Å². The van der Waals surface area contributed by atoms with Gasteiger partial charge in [-0.15, -0.1) is 0 Å². The van der Waals surface area contributed by atoms with Gasteiger partial charge in [-0.25, -0.2) is 0 Å². The van der Waals surface area contributed by atoms with Gasteiger partial charge < -0.3 is 11.1 Å². The van der Waals surface area contributed by atoms with Crippen LogP contribution >= 0.6 is 27.5 Å². The molecule has 0 fully saturated rings. The highest BCUT2D eigenvalue weighted by Crippen LogP contribution is 2.30. The Bertz CT molecular complexity index is 384. The fourth-order valence-corrected chi connectivity index (χ4v) is 1.81. The second kappa shape index (κ2) is 6.23. The lowest BCUT2D eigenvalue weighted by atomic mass is 10.1. The molecule has 3 N–H and O–H groups in total. The SMILES string of the molecule is CCC[C@H](N)C(=O)Nc1cccc(Cl)c1Br. The second-order valence-electron chi connectivity index (χ2n) is 3.49. The number of hydrogen-bond acceptors (Lipinski definition) is 2. The average molecular weight is 306 g/mol. The Morgan fingerprint density at radius 3 is 2.94 bits per heavy atom. The number of carbonyl (C=O) groups excluding carboxylic acids is 1. The third kappa shape index (κ3) is 3.47. The van der Waals surface area contributed by atoms with E-state index in [1.807, 2.05) is 6.92 Å². The summed E-state index contributed by atoms with van der Waals surface area (Å²) in [6.45, 7) is 1.99. The summed E-state index contributed by atoms with van der Waals surface area (Å²) in [5, 5.41) is 3.30.